The average Bonchev–Trinajstić information content (AvgIpc) is 2.64. The zero-order valence-corrected chi connectivity index (χ0v) is 15.2. The molecule has 1 saturated carbocycles. The SMILES string of the molecule is O=C(C1CCCCC1)N1CCN(S(=O)(=O)Cc2ccc(F)cc2)CC1. The molecule has 0 spiro atoms. The summed E-state index contributed by atoms with van der Waals surface area (Å²) in [6, 6.07) is 5.53. The smallest absolute Gasteiger partial charge is 0.225 e. The highest BCUT2D eigenvalue weighted by Gasteiger charge is 2.32. The minimum Gasteiger partial charge on any atom is -0.340 e. The molecule has 2 aliphatic rings. The number of piperazine rings is 1. The van der Waals surface area contributed by atoms with Crippen molar-refractivity contribution in [1.82, 2.24) is 9.21 Å². The third-order valence-corrected chi connectivity index (χ3v) is 7.01. The zero-order chi connectivity index (χ0) is 17.9. The van der Waals surface area contributed by atoms with Gasteiger partial charge in [-0.1, -0.05) is 31.4 Å². The third kappa shape index (κ3) is 4.58. The van der Waals surface area contributed by atoms with Crippen LogP contribution in [0.4, 0.5) is 4.39 Å². The molecule has 7 heteroatoms. The van der Waals surface area contributed by atoms with Gasteiger partial charge in [0.15, 0.2) is 0 Å². The Labute approximate surface area is 148 Å². The van der Waals surface area contributed by atoms with Gasteiger partial charge >= 0.3 is 0 Å². The van der Waals surface area contributed by atoms with E-state index < -0.39 is 10.0 Å². The second kappa shape index (κ2) is 7.83. The van der Waals surface area contributed by atoms with E-state index in [4.69, 9.17) is 0 Å². The maximum atomic E-state index is 12.9. The van der Waals surface area contributed by atoms with Crippen LogP contribution in [-0.2, 0) is 20.6 Å². The van der Waals surface area contributed by atoms with Crippen molar-refractivity contribution in [2.45, 2.75) is 37.9 Å². The molecule has 138 valence electrons. The zero-order valence-electron chi connectivity index (χ0n) is 14.4. The molecule has 0 bridgehead atoms. The quantitative estimate of drug-likeness (QED) is 0.820. The summed E-state index contributed by atoms with van der Waals surface area (Å²) in [6.07, 6.45) is 5.36. The number of rotatable bonds is 4. The van der Waals surface area contributed by atoms with E-state index in [0.29, 0.717) is 31.7 Å². The Hall–Kier alpha value is -1.47. The van der Waals surface area contributed by atoms with Gasteiger partial charge in [-0.15, -0.1) is 0 Å². The Kier molecular flexibility index (Phi) is 5.74. The second-order valence-corrected chi connectivity index (χ2v) is 8.91. The molecule has 1 saturated heterocycles. The van der Waals surface area contributed by atoms with Crippen LogP contribution in [0.25, 0.3) is 0 Å². The van der Waals surface area contributed by atoms with Crippen LogP contribution in [0.15, 0.2) is 24.3 Å². The van der Waals surface area contributed by atoms with Gasteiger partial charge in [0.2, 0.25) is 15.9 Å². The number of halogens is 1. The molecule has 3 rings (SSSR count). The summed E-state index contributed by atoms with van der Waals surface area (Å²) in [5.41, 5.74) is 0.571. The van der Waals surface area contributed by atoms with Gasteiger partial charge in [-0.3, -0.25) is 4.79 Å². The molecule has 1 heterocycles. The number of hydrogen-bond acceptors (Lipinski definition) is 3. The summed E-state index contributed by atoms with van der Waals surface area (Å²) in [4.78, 5) is 14.4. The van der Waals surface area contributed by atoms with Gasteiger partial charge < -0.3 is 4.90 Å². The molecule has 0 aromatic heterocycles. The monoisotopic (exact) mass is 368 g/mol. The molecule has 0 unspecified atom stereocenters. The largest absolute Gasteiger partial charge is 0.340 e. The van der Waals surface area contributed by atoms with Crippen molar-refractivity contribution in [2.75, 3.05) is 26.2 Å². The molecule has 25 heavy (non-hydrogen) atoms. The fourth-order valence-electron chi connectivity index (χ4n) is 3.68. The number of sulfonamides is 1. The minimum atomic E-state index is -3.45. The van der Waals surface area contributed by atoms with E-state index >= 15 is 0 Å². The Morgan fingerprint density at radius 1 is 1.00 bits per heavy atom. The summed E-state index contributed by atoms with van der Waals surface area (Å²) in [5, 5.41) is 0. The molecule has 0 atom stereocenters. The molecule has 2 fully saturated rings. The highest BCUT2D eigenvalue weighted by atomic mass is 32.2. The van der Waals surface area contributed by atoms with Crippen molar-refractivity contribution in [3.05, 3.63) is 35.6 Å². The minimum absolute atomic E-state index is 0.121. The molecule has 1 aromatic carbocycles. The van der Waals surface area contributed by atoms with Crippen LogP contribution in [0.2, 0.25) is 0 Å². The van der Waals surface area contributed by atoms with E-state index in [1.807, 2.05) is 4.90 Å². The first-order chi connectivity index (χ1) is 12.0. The van der Waals surface area contributed by atoms with Crippen LogP contribution in [0.1, 0.15) is 37.7 Å². The normalized spacial score (nSPS) is 20.6. The summed E-state index contributed by atoms with van der Waals surface area (Å²) < 4.78 is 39.5. The molecular formula is C18H25FN2O3S. The predicted molar refractivity (Wildman–Crippen MR) is 93.8 cm³/mol. The van der Waals surface area contributed by atoms with Crippen LogP contribution >= 0.6 is 0 Å². The maximum absolute atomic E-state index is 12.9. The van der Waals surface area contributed by atoms with Gasteiger partial charge in [0.1, 0.15) is 5.82 Å². The lowest BCUT2D eigenvalue weighted by Crippen LogP contribution is -2.52. The number of nitrogens with zero attached hydrogens (tertiary/aromatic N) is 2. The van der Waals surface area contributed by atoms with E-state index in [1.165, 1.54) is 35.0 Å². The van der Waals surface area contributed by atoms with Crippen LogP contribution in [-0.4, -0.2) is 49.7 Å². The molecule has 1 aromatic rings. The van der Waals surface area contributed by atoms with Crippen molar-refractivity contribution in [2.24, 2.45) is 5.92 Å². The van der Waals surface area contributed by atoms with E-state index in [9.17, 15) is 17.6 Å². The van der Waals surface area contributed by atoms with Crippen molar-refractivity contribution in [3.63, 3.8) is 0 Å². The topological polar surface area (TPSA) is 57.7 Å². The molecule has 0 radical (unpaired) electrons. The first-order valence-corrected chi connectivity index (χ1v) is 10.6. The number of benzene rings is 1. The standard InChI is InChI=1S/C18H25FN2O3S/c19-17-8-6-15(7-9-17)14-25(23,24)21-12-10-20(11-13-21)18(22)16-4-2-1-3-5-16/h6-9,16H,1-5,10-14H2. The van der Waals surface area contributed by atoms with Gasteiger partial charge in [-0.25, -0.2) is 12.8 Å². The van der Waals surface area contributed by atoms with Gasteiger partial charge in [0.25, 0.3) is 0 Å². The van der Waals surface area contributed by atoms with E-state index in [-0.39, 0.29) is 23.4 Å². The van der Waals surface area contributed by atoms with Crippen LogP contribution in [0.5, 0.6) is 0 Å². The number of hydrogen-bond donors (Lipinski definition) is 0. The molecule has 1 aliphatic heterocycles. The Morgan fingerprint density at radius 2 is 1.60 bits per heavy atom. The van der Waals surface area contributed by atoms with Crippen molar-refractivity contribution in [3.8, 4) is 0 Å². The van der Waals surface area contributed by atoms with Crippen LogP contribution < -0.4 is 0 Å². The van der Waals surface area contributed by atoms with Gasteiger partial charge in [-0.05, 0) is 30.5 Å². The van der Waals surface area contributed by atoms with Gasteiger partial charge in [-0.2, -0.15) is 4.31 Å². The van der Waals surface area contributed by atoms with Crippen molar-refractivity contribution < 1.29 is 17.6 Å². The number of carbonyl (C=O) groups excluding carboxylic acids is 1. The van der Waals surface area contributed by atoms with E-state index in [2.05, 4.69) is 0 Å². The molecule has 1 aliphatic carbocycles. The molecular weight excluding hydrogens is 343 g/mol. The molecule has 1 amide bonds. The lowest BCUT2D eigenvalue weighted by molar-refractivity contribution is -0.137. The fraction of sp³-hybridized carbons (Fsp3) is 0.611. The van der Waals surface area contributed by atoms with Crippen molar-refractivity contribution in [1.29, 1.82) is 0 Å². The van der Waals surface area contributed by atoms with Gasteiger partial charge in [0, 0.05) is 32.1 Å². The van der Waals surface area contributed by atoms with E-state index in [0.717, 1.165) is 25.7 Å². The molecule has 0 N–H and O–H groups in total. The lowest BCUT2D eigenvalue weighted by atomic mass is 9.88. The number of amides is 1. The van der Waals surface area contributed by atoms with Crippen LogP contribution in [0.3, 0.4) is 0 Å². The first-order valence-electron chi connectivity index (χ1n) is 8.97. The van der Waals surface area contributed by atoms with Gasteiger partial charge in [0.05, 0.1) is 5.75 Å². The fourth-order valence-corrected chi connectivity index (χ4v) is 5.19. The highest BCUT2D eigenvalue weighted by Crippen LogP contribution is 2.26. The summed E-state index contributed by atoms with van der Waals surface area (Å²) in [7, 11) is -3.45. The number of carbonyl (C=O) groups is 1. The van der Waals surface area contributed by atoms with Crippen molar-refractivity contribution >= 4 is 15.9 Å². The maximum Gasteiger partial charge on any atom is 0.225 e. The predicted octanol–water partition coefficient (Wildman–Crippen LogP) is 2.38. The highest BCUT2D eigenvalue weighted by molar-refractivity contribution is 7.88. The summed E-state index contributed by atoms with van der Waals surface area (Å²) in [6.45, 7) is 1.58. The van der Waals surface area contributed by atoms with E-state index in [1.54, 1.807) is 0 Å². The Bertz CT molecular complexity index is 692. The lowest BCUT2D eigenvalue weighted by Gasteiger charge is -2.36. The summed E-state index contributed by atoms with van der Waals surface area (Å²) >= 11 is 0. The second-order valence-electron chi connectivity index (χ2n) is 6.94. The first kappa shape index (κ1) is 18.3. The Balaban J connectivity index is 1.55. The molecule has 5 nitrogen and oxygen atoms in total. The third-order valence-electron chi connectivity index (χ3n) is 5.16. The Morgan fingerprint density at radius 3 is 2.20 bits per heavy atom. The summed E-state index contributed by atoms with van der Waals surface area (Å²) in [5.74, 6) is -0.202. The van der Waals surface area contributed by atoms with Crippen LogP contribution in [0, 0.1) is 11.7 Å². The average molecular weight is 368 g/mol.